The highest BCUT2D eigenvalue weighted by atomic mass is 19.4. The molecule has 1 spiro atoms. The quantitative estimate of drug-likeness (QED) is 0.702. The maximum atomic E-state index is 13.2. The lowest BCUT2D eigenvalue weighted by atomic mass is 9.82. The Morgan fingerprint density at radius 2 is 2.00 bits per heavy atom. The van der Waals surface area contributed by atoms with Crippen LogP contribution in [0.2, 0.25) is 0 Å². The summed E-state index contributed by atoms with van der Waals surface area (Å²) in [5.74, 6) is 0.413. The molecule has 3 aromatic heterocycles. The standard InChI is InChI=1S/C19H20F3N7/c20-19(21,22)13-7-12(9-26-17(13)23)14-8-15-18(2-6-29(15)27-14)1-5-28(11-18)10-16-24-3-4-25-16/h3-4,7-9H,1-2,5-6,10-11H2,(H2,23,26)(H,24,25)/t18-/m0/s1. The molecule has 152 valence electrons. The third-order valence-electron chi connectivity index (χ3n) is 6.01. The van der Waals surface area contributed by atoms with Crippen molar-refractivity contribution in [2.75, 3.05) is 18.8 Å². The molecule has 2 aliphatic rings. The van der Waals surface area contributed by atoms with Crippen LogP contribution in [0.25, 0.3) is 11.3 Å². The number of hydrogen-bond donors (Lipinski definition) is 2. The second kappa shape index (κ2) is 6.31. The lowest BCUT2D eigenvalue weighted by Crippen LogP contribution is -2.29. The first kappa shape index (κ1) is 18.2. The zero-order valence-corrected chi connectivity index (χ0v) is 15.6. The van der Waals surface area contributed by atoms with Gasteiger partial charge in [-0.25, -0.2) is 9.97 Å². The van der Waals surface area contributed by atoms with Gasteiger partial charge in [-0.1, -0.05) is 0 Å². The normalized spacial score (nSPS) is 21.9. The fourth-order valence-corrected chi connectivity index (χ4v) is 4.55. The topological polar surface area (TPSA) is 88.7 Å². The van der Waals surface area contributed by atoms with Crippen molar-refractivity contribution in [2.45, 2.75) is 37.5 Å². The van der Waals surface area contributed by atoms with Crippen molar-refractivity contribution in [3.63, 3.8) is 0 Å². The number of pyridine rings is 1. The van der Waals surface area contributed by atoms with Gasteiger partial charge in [-0.2, -0.15) is 18.3 Å². The van der Waals surface area contributed by atoms with Crippen LogP contribution in [-0.2, 0) is 24.7 Å². The number of likely N-dealkylation sites (tertiary alicyclic amines) is 1. The molecule has 0 radical (unpaired) electrons. The minimum atomic E-state index is -4.55. The number of fused-ring (bicyclic) bond motifs is 2. The van der Waals surface area contributed by atoms with E-state index in [2.05, 4.69) is 25.0 Å². The SMILES string of the molecule is Nc1ncc(-c2cc3n(n2)CC[C@]32CCN(Cc3ncc[nH]3)C2)cc1C(F)(F)F. The van der Waals surface area contributed by atoms with Crippen LogP contribution in [0.3, 0.4) is 0 Å². The molecular formula is C19H20F3N7. The van der Waals surface area contributed by atoms with Gasteiger partial charge in [0.2, 0.25) is 0 Å². The molecular weight excluding hydrogens is 383 g/mol. The summed E-state index contributed by atoms with van der Waals surface area (Å²) >= 11 is 0. The molecule has 2 aliphatic heterocycles. The molecule has 7 nitrogen and oxygen atoms in total. The number of anilines is 1. The van der Waals surface area contributed by atoms with E-state index in [0.717, 1.165) is 56.6 Å². The van der Waals surface area contributed by atoms with E-state index in [1.165, 1.54) is 6.20 Å². The second-order valence-electron chi connectivity index (χ2n) is 7.82. The van der Waals surface area contributed by atoms with E-state index in [1.54, 1.807) is 6.20 Å². The fraction of sp³-hybridized carbons (Fsp3) is 0.421. The van der Waals surface area contributed by atoms with E-state index in [0.29, 0.717) is 11.3 Å². The van der Waals surface area contributed by atoms with E-state index in [4.69, 9.17) is 5.73 Å². The molecule has 10 heteroatoms. The Bertz CT molecular complexity index is 1040. The Kier molecular flexibility index (Phi) is 3.95. The third kappa shape index (κ3) is 3.07. The van der Waals surface area contributed by atoms with Gasteiger partial charge in [0.1, 0.15) is 11.6 Å². The number of aromatic amines is 1. The lowest BCUT2D eigenvalue weighted by molar-refractivity contribution is -0.137. The maximum Gasteiger partial charge on any atom is 0.419 e. The van der Waals surface area contributed by atoms with Crippen LogP contribution in [0.1, 0.15) is 29.9 Å². The monoisotopic (exact) mass is 403 g/mol. The summed E-state index contributed by atoms with van der Waals surface area (Å²) < 4.78 is 41.5. The zero-order chi connectivity index (χ0) is 20.2. The highest BCUT2D eigenvalue weighted by molar-refractivity contribution is 5.63. The van der Waals surface area contributed by atoms with Gasteiger partial charge in [-0.05, 0) is 31.5 Å². The van der Waals surface area contributed by atoms with Crippen molar-refractivity contribution in [3.05, 3.63) is 47.8 Å². The van der Waals surface area contributed by atoms with E-state index in [1.807, 2.05) is 16.9 Å². The van der Waals surface area contributed by atoms with Gasteiger partial charge in [-0.3, -0.25) is 9.58 Å². The number of nitrogens with one attached hydrogen (secondary N) is 1. The molecule has 1 saturated heterocycles. The number of aromatic nitrogens is 5. The van der Waals surface area contributed by atoms with E-state index < -0.39 is 17.6 Å². The first-order valence-electron chi connectivity index (χ1n) is 9.46. The Balaban J connectivity index is 1.43. The van der Waals surface area contributed by atoms with Crippen LogP contribution >= 0.6 is 0 Å². The molecule has 0 aliphatic carbocycles. The minimum absolute atomic E-state index is 0.0219. The highest BCUT2D eigenvalue weighted by Crippen LogP contribution is 2.44. The molecule has 1 fully saturated rings. The Morgan fingerprint density at radius 1 is 1.17 bits per heavy atom. The van der Waals surface area contributed by atoms with Gasteiger partial charge in [0.25, 0.3) is 0 Å². The van der Waals surface area contributed by atoms with Crippen LogP contribution in [-0.4, -0.2) is 42.7 Å². The predicted molar refractivity (Wildman–Crippen MR) is 99.6 cm³/mol. The molecule has 3 aromatic rings. The molecule has 0 amide bonds. The molecule has 0 aromatic carbocycles. The molecule has 3 N–H and O–H groups in total. The number of nitrogens with zero attached hydrogens (tertiary/aromatic N) is 5. The molecule has 1 atom stereocenters. The van der Waals surface area contributed by atoms with Crippen molar-refractivity contribution in [3.8, 4) is 11.3 Å². The molecule has 0 unspecified atom stereocenters. The molecule has 0 saturated carbocycles. The van der Waals surface area contributed by atoms with Crippen LogP contribution in [0, 0.1) is 0 Å². The minimum Gasteiger partial charge on any atom is -0.383 e. The maximum absolute atomic E-state index is 13.2. The van der Waals surface area contributed by atoms with Gasteiger partial charge in [0.05, 0.1) is 17.8 Å². The van der Waals surface area contributed by atoms with Crippen molar-refractivity contribution < 1.29 is 13.2 Å². The smallest absolute Gasteiger partial charge is 0.383 e. The molecule has 5 heterocycles. The van der Waals surface area contributed by atoms with Crippen LogP contribution < -0.4 is 5.73 Å². The number of alkyl halides is 3. The van der Waals surface area contributed by atoms with Crippen molar-refractivity contribution in [1.29, 1.82) is 0 Å². The largest absolute Gasteiger partial charge is 0.419 e. The summed E-state index contributed by atoms with van der Waals surface area (Å²) in [6.45, 7) is 3.35. The number of hydrogen-bond acceptors (Lipinski definition) is 5. The summed E-state index contributed by atoms with van der Waals surface area (Å²) in [5.41, 5.74) is 6.38. The van der Waals surface area contributed by atoms with Crippen LogP contribution in [0.5, 0.6) is 0 Å². The average Bonchev–Trinajstić information content (AvgIpc) is 3.43. The number of halogens is 3. The molecule has 5 rings (SSSR count). The summed E-state index contributed by atoms with van der Waals surface area (Å²) in [6.07, 6.45) is 2.34. The summed E-state index contributed by atoms with van der Waals surface area (Å²) in [4.78, 5) is 13.5. The van der Waals surface area contributed by atoms with Crippen molar-refractivity contribution in [2.24, 2.45) is 0 Å². The Labute approximate surface area is 164 Å². The Morgan fingerprint density at radius 3 is 2.76 bits per heavy atom. The average molecular weight is 403 g/mol. The summed E-state index contributed by atoms with van der Waals surface area (Å²) in [7, 11) is 0. The number of imidazole rings is 1. The first-order chi connectivity index (χ1) is 13.8. The van der Waals surface area contributed by atoms with E-state index in [-0.39, 0.29) is 5.41 Å². The number of H-pyrrole nitrogens is 1. The van der Waals surface area contributed by atoms with Crippen molar-refractivity contribution >= 4 is 5.82 Å². The number of aryl methyl sites for hydroxylation is 1. The van der Waals surface area contributed by atoms with Gasteiger partial charge in [0, 0.05) is 48.4 Å². The number of nitrogens with two attached hydrogens (primary N) is 1. The van der Waals surface area contributed by atoms with Gasteiger partial charge < -0.3 is 10.7 Å². The Hall–Kier alpha value is -2.88. The van der Waals surface area contributed by atoms with Gasteiger partial charge >= 0.3 is 6.18 Å². The van der Waals surface area contributed by atoms with Crippen molar-refractivity contribution in [1.82, 2.24) is 29.6 Å². The summed E-state index contributed by atoms with van der Waals surface area (Å²) in [5, 5.41) is 4.57. The molecule has 0 bridgehead atoms. The van der Waals surface area contributed by atoms with Crippen LogP contribution in [0.4, 0.5) is 19.0 Å². The fourth-order valence-electron chi connectivity index (χ4n) is 4.55. The van der Waals surface area contributed by atoms with Gasteiger partial charge in [0.15, 0.2) is 0 Å². The summed E-state index contributed by atoms with van der Waals surface area (Å²) in [6, 6.07) is 2.95. The third-order valence-corrected chi connectivity index (χ3v) is 6.01. The highest BCUT2D eigenvalue weighted by Gasteiger charge is 2.45. The van der Waals surface area contributed by atoms with Crippen LogP contribution in [0.15, 0.2) is 30.7 Å². The zero-order valence-electron chi connectivity index (χ0n) is 15.6. The van der Waals surface area contributed by atoms with E-state index >= 15 is 0 Å². The van der Waals surface area contributed by atoms with Gasteiger partial charge in [-0.15, -0.1) is 0 Å². The second-order valence-corrected chi connectivity index (χ2v) is 7.82. The van der Waals surface area contributed by atoms with E-state index in [9.17, 15) is 13.2 Å². The number of rotatable bonds is 3. The number of nitrogen functional groups attached to an aromatic ring is 1. The predicted octanol–water partition coefficient (Wildman–Crippen LogP) is 2.82. The first-order valence-corrected chi connectivity index (χ1v) is 9.46. The lowest BCUT2D eigenvalue weighted by Gasteiger charge is -2.23. The molecule has 29 heavy (non-hydrogen) atoms.